The standard InChI is InChI=1S/C22H27N5O3/c1-14-5-4-6-20(27(14)30)22(29)23-19-11-15-13-26(16-7-9-17(28)10-8-16)24-18(15)12-21(19)25(2)3/h4-6,11-13,16-17,28H,7-10H2,1-3H3,(H,23,29). The van der Waals surface area contributed by atoms with E-state index in [-0.39, 0.29) is 17.8 Å². The Balaban J connectivity index is 1.67. The third kappa shape index (κ3) is 3.82. The van der Waals surface area contributed by atoms with Crippen LogP contribution in [0.4, 0.5) is 11.4 Å². The Labute approximate surface area is 175 Å². The van der Waals surface area contributed by atoms with Gasteiger partial charge in [0.05, 0.1) is 29.0 Å². The van der Waals surface area contributed by atoms with E-state index in [0.29, 0.717) is 16.1 Å². The number of amides is 1. The number of fused-ring (bicyclic) bond motifs is 1. The molecule has 1 aliphatic carbocycles. The molecular formula is C22H27N5O3. The normalized spacial score (nSPS) is 19.1. The van der Waals surface area contributed by atoms with E-state index in [4.69, 9.17) is 5.10 Å². The Hall–Kier alpha value is -3.13. The third-order valence-corrected chi connectivity index (χ3v) is 5.77. The van der Waals surface area contributed by atoms with E-state index in [2.05, 4.69) is 5.32 Å². The molecule has 0 atom stereocenters. The van der Waals surface area contributed by atoms with Gasteiger partial charge in [-0.15, -0.1) is 0 Å². The smallest absolute Gasteiger partial charge is 0.321 e. The summed E-state index contributed by atoms with van der Waals surface area (Å²) in [6.45, 7) is 1.67. The molecule has 4 rings (SSSR count). The Kier molecular flexibility index (Phi) is 5.34. The monoisotopic (exact) mass is 409 g/mol. The van der Waals surface area contributed by atoms with E-state index in [1.54, 1.807) is 19.1 Å². The number of aliphatic hydroxyl groups excluding tert-OH is 1. The van der Waals surface area contributed by atoms with Crippen LogP contribution in [0.5, 0.6) is 0 Å². The molecule has 1 saturated carbocycles. The van der Waals surface area contributed by atoms with Crippen LogP contribution in [0.25, 0.3) is 10.9 Å². The molecule has 1 aliphatic rings. The Morgan fingerprint density at radius 1 is 1.27 bits per heavy atom. The van der Waals surface area contributed by atoms with Crippen molar-refractivity contribution < 1.29 is 14.6 Å². The summed E-state index contributed by atoms with van der Waals surface area (Å²) in [4.78, 5) is 14.7. The van der Waals surface area contributed by atoms with Crippen LogP contribution >= 0.6 is 0 Å². The lowest BCUT2D eigenvalue weighted by molar-refractivity contribution is -0.614. The maximum atomic E-state index is 12.8. The maximum absolute atomic E-state index is 12.8. The highest BCUT2D eigenvalue weighted by Crippen LogP contribution is 2.33. The molecule has 30 heavy (non-hydrogen) atoms. The Morgan fingerprint density at radius 2 is 2.00 bits per heavy atom. The number of rotatable bonds is 4. The number of nitrogens with one attached hydrogen (secondary N) is 1. The predicted molar refractivity (Wildman–Crippen MR) is 116 cm³/mol. The van der Waals surface area contributed by atoms with Crippen molar-refractivity contribution in [3.05, 3.63) is 53.1 Å². The maximum Gasteiger partial charge on any atom is 0.321 e. The second kappa shape index (κ2) is 7.95. The van der Waals surface area contributed by atoms with E-state index >= 15 is 0 Å². The first-order valence-electron chi connectivity index (χ1n) is 10.2. The van der Waals surface area contributed by atoms with Crippen LogP contribution < -0.4 is 14.9 Å². The van der Waals surface area contributed by atoms with Gasteiger partial charge in [-0.1, -0.05) is 0 Å². The molecule has 1 amide bonds. The van der Waals surface area contributed by atoms with Crippen molar-refractivity contribution in [1.82, 2.24) is 9.78 Å². The van der Waals surface area contributed by atoms with Gasteiger partial charge < -0.3 is 20.5 Å². The molecule has 2 aromatic heterocycles. The first-order chi connectivity index (χ1) is 14.3. The number of carbonyl (C=O) groups is 1. The molecule has 2 heterocycles. The molecular weight excluding hydrogens is 382 g/mol. The van der Waals surface area contributed by atoms with Crippen molar-refractivity contribution >= 4 is 28.2 Å². The summed E-state index contributed by atoms with van der Waals surface area (Å²) >= 11 is 0. The van der Waals surface area contributed by atoms with Gasteiger partial charge in [-0.05, 0) is 43.9 Å². The summed E-state index contributed by atoms with van der Waals surface area (Å²) in [5.41, 5.74) is 2.79. The van der Waals surface area contributed by atoms with Crippen molar-refractivity contribution in [2.45, 2.75) is 44.8 Å². The average Bonchev–Trinajstić information content (AvgIpc) is 3.12. The molecule has 1 aromatic carbocycles. The predicted octanol–water partition coefficient (Wildman–Crippen LogP) is 2.77. The van der Waals surface area contributed by atoms with E-state index in [9.17, 15) is 15.1 Å². The van der Waals surface area contributed by atoms with Crippen molar-refractivity contribution in [1.29, 1.82) is 0 Å². The van der Waals surface area contributed by atoms with Crippen molar-refractivity contribution in [2.24, 2.45) is 0 Å². The fourth-order valence-corrected chi connectivity index (χ4v) is 4.02. The van der Waals surface area contributed by atoms with Crippen molar-refractivity contribution in [3.8, 4) is 0 Å². The summed E-state index contributed by atoms with van der Waals surface area (Å²) in [6, 6.07) is 8.99. The second-order valence-electron chi connectivity index (χ2n) is 8.19. The lowest BCUT2D eigenvalue weighted by Gasteiger charge is -2.25. The molecule has 158 valence electrons. The van der Waals surface area contributed by atoms with E-state index < -0.39 is 5.91 Å². The van der Waals surface area contributed by atoms with Gasteiger partial charge >= 0.3 is 5.91 Å². The second-order valence-corrected chi connectivity index (χ2v) is 8.19. The molecule has 8 nitrogen and oxygen atoms in total. The molecule has 0 unspecified atom stereocenters. The summed E-state index contributed by atoms with van der Waals surface area (Å²) in [7, 11) is 3.80. The largest absolute Gasteiger partial charge is 0.618 e. The average molecular weight is 409 g/mol. The fraction of sp³-hybridized carbons (Fsp3) is 0.409. The molecule has 0 aliphatic heterocycles. The van der Waals surface area contributed by atoms with Crippen LogP contribution in [0.3, 0.4) is 0 Å². The zero-order chi connectivity index (χ0) is 21.4. The van der Waals surface area contributed by atoms with Gasteiger partial charge in [0.15, 0.2) is 5.69 Å². The van der Waals surface area contributed by atoms with Gasteiger partial charge in [0.2, 0.25) is 0 Å². The number of aryl methyl sites for hydroxylation is 1. The number of hydrogen-bond donors (Lipinski definition) is 2. The minimum Gasteiger partial charge on any atom is -0.618 e. The Bertz CT molecular complexity index is 1080. The van der Waals surface area contributed by atoms with E-state index in [0.717, 1.165) is 42.3 Å². The third-order valence-electron chi connectivity index (χ3n) is 5.77. The number of benzene rings is 1. The highest BCUT2D eigenvalue weighted by molar-refractivity contribution is 6.05. The summed E-state index contributed by atoms with van der Waals surface area (Å²) in [6.07, 6.45) is 5.16. The first-order valence-corrected chi connectivity index (χ1v) is 10.2. The molecule has 2 N–H and O–H groups in total. The molecule has 0 radical (unpaired) electrons. The molecule has 0 bridgehead atoms. The summed E-state index contributed by atoms with van der Waals surface area (Å²) < 4.78 is 2.62. The minimum atomic E-state index is -0.454. The lowest BCUT2D eigenvalue weighted by Crippen LogP contribution is -2.39. The number of nitrogens with zero attached hydrogens (tertiary/aromatic N) is 4. The molecule has 1 fully saturated rings. The van der Waals surface area contributed by atoms with Crippen LogP contribution in [0.1, 0.15) is 47.9 Å². The fourth-order valence-electron chi connectivity index (χ4n) is 4.02. The number of anilines is 2. The number of aromatic nitrogens is 3. The van der Waals surface area contributed by atoms with Gasteiger partial charge in [-0.25, -0.2) is 0 Å². The SMILES string of the molecule is Cc1cccc(C(=O)Nc2cc3cn(C4CCC(O)CC4)nc3cc2N(C)C)[n+]1[O-]. The van der Waals surface area contributed by atoms with Gasteiger partial charge in [0.25, 0.3) is 5.69 Å². The Morgan fingerprint density at radius 3 is 2.70 bits per heavy atom. The highest BCUT2D eigenvalue weighted by Gasteiger charge is 2.23. The number of carbonyl (C=O) groups excluding carboxylic acids is 1. The topological polar surface area (TPSA) is 97.3 Å². The number of pyridine rings is 1. The van der Waals surface area contributed by atoms with Crippen LogP contribution in [-0.4, -0.2) is 41.0 Å². The van der Waals surface area contributed by atoms with E-state index in [1.165, 1.54) is 6.07 Å². The highest BCUT2D eigenvalue weighted by atomic mass is 16.5. The van der Waals surface area contributed by atoms with Gasteiger partial charge in [0.1, 0.15) is 0 Å². The molecule has 3 aromatic rings. The van der Waals surface area contributed by atoms with Gasteiger partial charge in [-0.3, -0.25) is 9.48 Å². The number of aliphatic hydroxyl groups is 1. The number of hydrogen-bond acceptors (Lipinski definition) is 5. The minimum absolute atomic E-state index is 0.0521. The van der Waals surface area contributed by atoms with E-state index in [1.807, 2.05) is 42.0 Å². The van der Waals surface area contributed by atoms with Crippen molar-refractivity contribution in [2.75, 3.05) is 24.3 Å². The van der Waals surface area contributed by atoms with Gasteiger partial charge in [0, 0.05) is 44.7 Å². The van der Waals surface area contributed by atoms with Crippen LogP contribution in [0.15, 0.2) is 36.5 Å². The quantitative estimate of drug-likeness (QED) is 0.510. The van der Waals surface area contributed by atoms with Crippen molar-refractivity contribution in [3.63, 3.8) is 0 Å². The first kappa shape index (κ1) is 20.2. The summed E-state index contributed by atoms with van der Waals surface area (Å²) in [5.74, 6) is -0.454. The zero-order valence-corrected chi connectivity index (χ0v) is 17.5. The lowest BCUT2D eigenvalue weighted by atomic mass is 9.93. The molecule has 0 spiro atoms. The molecule has 8 heteroatoms. The summed E-state index contributed by atoms with van der Waals surface area (Å²) in [5, 5.41) is 30.6. The van der Waals surface area contributed by atoms with Crippen LogP contribution in [0.2, 0.25) is 0 Å². The van der Waals surface area contributed by atoms with Crippen LogP contribution in [-0.2, 0) is 0 Å². The zero-order valence-electron chi connectivity index (χ0n) is 17.5. The molecule has 0 saturated heterocycles. The van der Waals surface area contributed by atoms with Crippen LogP contribution in [0, 0.1) is 12.1 Å². The van der Waals surface area contributed by atoms with Gasteiger partial charge in [-0.2, -0.15) is 9.83 Å².